The molecule has 4 aromatic carbocycles. The fraction of sp³-hybridized carbons (Fsp3) is 0.278. The molecule has 39 heavy (non-hydrogen) atoms. The normalized spacial score (nSPS) is 17.0. The molecule has 2 unspecified atom stereocenters. The van der Waals surface area contributed by atoms with Crippen molar-refractivity contribution in [2.45, 2.75) is 52.6 Å². The third kappa shape index (κ3) is 7.13. The third-order valence-corrected chi connectivity index (χ3v) is 14.1. The first-order chi connectivity index (χ1) is 18.0. The van der Waals surface area contributed by atoms with Crippen molar-refractivity contribution < 1.29 is 17.1 Å². The molecule has 3 heteroatoms. The minimum atomic E-state index is -0.456. The molecule has 0 saturated heterocycles. The van der Waals surface area contributed by atoms with E-state index >= 15 is 0 Å². The van der Waals surface area contributed by atoms with E-state index in [0.29, 0.717) is 11.6 Å². The Morgan fingerprint density at radius 1 is 0.641 bits per heavy atom. The molecule has 0 radical (unpaired) electrons. The average Bonchev–Trinajstić information content (AvgIpc) is 2.91. The van der Waals surface area contributed by atoms with Crippen molar-refractivity contribution >= 4 is 37.1 Å². The first-order valence-corrected chi connectivity index (χ1v) is 16.6. The van der Waals surface area contributed by atoms with Crippen molar-refractivity contribution in [2.75, 3.05) is 6.16 Å². The van der Waals surface area contributed by atoms with Crippen LogP contribution in [0.5, 0.6) is 0 Å². The molecule has 0 nitrogen and oxygen atoms in total. The van der Waals surface area contributed by atoms with Crippen molar-refractivity contribution in [3.63, 3.8) is 0 Å². The second-order valence-corrected chi connectivity index (χ2v) is 15.0. The Kier molecular flexibility index (Phi) is 12.0. The zero-order chi connectivity index (χ0) is 25.8. The van der Waals surface area contributed by atoms with E-state index < -0.39 is 15.8 Å². The average molecular weight is 593 g/mol. The van der Waals surface area contributed by atoms with Gasteiger partial charge < -0.3 is 13.8 Å². The molecule has 0 heterocycles. The zero-order valence-electron chi connectivity index (χ0n) is 24.0. The van der Waals surface area contributed by atoms with E-state index in [2.05, 4.69) is 131 Å². The second-order valence-electron chi connectivity index (χ2n) is 10.5. The van der Waals surface area contributed by atoms with Gasteiger partial charge in [-0.1, -0.05) is 124 Å². The van der Waals surface area contributed by atoms with Crippen molar-refractivity contribution in [3.8, 4) is 0 Å². The Balaban J connectivity index is 0.00000210. The molecule has 1 saturated carbocycles. The molecule has 0 bridgehead atoms. The predicted octanol–water partition coefficient (Wildman–Crippen LogP) is 8.31. The van der Waals surface area contributed by atoms with Crippen LogP contribution in [-0.4, -0.2) is 11.8 Å². The van der Waals surface area contributed by atoms with Crippen LogP contribution in [0.4, 0.5) is 0 Å². The Hall–Kier alpha value is -1.74. The number of hydrogen-bond donors (Lipinski definition) is 0. The molecule has 1 aliphatic carbocycles. The van der Waals surface area contributed by atoms with E-state index in [9.17, 15) is 0 Å². The van der Waals surface area contributed by atoms with Crippen LogP contribution in [0.25, 0.3) is 0 Å². The molecule has 0 aromatic heterocycles. The van der Waals surface area contributed by atoms with Crippen LogP contribution in [0.3, 0.4) is 0 Å². The summed E-state index contributed by atoms with van der Waals surface area (Å²) in [4.78, 5) is 0. The molecule has 1 fully saturated rings. The summed E-state index contributed by atoms with van der Waals surface area (Å²) in [5.74, 6) is 0.685. The van der Waals surface area contributed by atoms with Crippen LogP contribution >= 0.6 is 15.8 Å². The number of aryl methyl sites for hydroxylation is 4. The van der Waals surface area contributed by atoms with Gasteiger partial charge >= 0.3 is 17.1 Å². The van der Waals surface area contributed by atoms with Crippen LogP contribution in [0, 0.1) is 47.5 Å². The van der Waals surface area contributed by atoms with Gasteiger partial charge in [-0.25, -0.2) is 0 Å². The minimum absolute atomic E-state index is 0. The van der Waals surface area contributed by atoms with Gasteiger partial charge in [-0.15, -0.1) is 5.66 Å². The number of hydrogen-bond acceptors (Lipinski definition) is 0. The largest absolute Gasteiger partial charge is 2.00 e. The van der Waals surface area contributed by atoms with Gasteiger partial charge in [-0.2, -0.15) is 6.42 Å². The smallest absolute Gasteiger partial charge is 0.358 e. The van der Waals surface area contributed by atoms with Crippen LogP contribution in [0.15, 0.2) is 97.1 Å². The molecule has 204 valence electrons. The second kappa shape index (κ2) is 14.8. The van der Waals surface area contributed by atoms with Gasteiger partial charge in [0.15, 0.2) is 0 Å². The van der Waals surface area contributed by atoms with Crippen LogP contribution < -0.4 is 21.2 Å². The van der Waals surface area contributed by atoms with Gasteiger partial charge in [-0.05, 0) is 85.3 Å². The van der Waals surface area contributed by atoms with Crippen LogP contribution in [0.1, 0.15) is 41.5 Å². The standard InChI is InChI=1S/C35H39P2.CH3.Fe/c1-26-15-13-16-27(2)34(26)36(35-28(3)17-14-18-29(35)4)25-30-19-11-12-24-33(30)37(31-20-7-5-8-21-31)32-22-9-6-10-23-32;;/h5-10,13-18,20-24,30,33H,11-12,19,25H2,1-4H3;1H3;/q2*-1;+2. The van der Waals surface area contributed by atoms with Gasteiger partial charge in [0.2, 0.25) is 0 Å². The monoisotopic (exact) mass is 592 g/mol. The summed E-state index contributed by atoms with van der Waals surface area (Å²) >= 11 is 0. The quantitative estimate of drug-likeness (QED) is 0.115. The molecule has 4 aromatic rings. The summed E-state index contributed by atoms with van der Waals surface area (Å²) in [5, 5.41) is 6.26. The molecule has 0 aliphatic heterocycles. The molecule has 5 rings (SSSR count). The van der Waals surface area contributed by atoms with Crippen molar-refractivity contribution in [1.82, 2.24) is 0 Å². The first kappa shape index (κ1) is 31.8. The van der Waals surface area contributed by atoms with Gasteiger partial charge in [-0.3, -0.25) is 0 Å². The van der Waals surface area contributed by atoms with Crippen LogP contribution in [0.2, 0.25) is 0 Å². The van der Waals surface area contributed by atoms with E-state index in [1.807, 2.05) is 0 Å². The minimum Gasteiger partial charge on any atom is -0.358 e. The molecule has 0 N–H and O–H groups in total. The molecule has 2 atom stereocenters. The first-order valence-electron chi connectivity index (χ1n) is 13.7. The molecular weight excluding hydrogens is 550 g/mol. The maximum Gasteiger partial charge on any atom is 2.00 e. The third-order valence-electron chi connectivity index (χ3n) is 7.87. The Bertz CT molecular complexity index is 1190. The van der Waals surface area contributed by atoms with Gasteiger partial charge in [0.25, 0.3) is 0 Å². The summed E-state index contributed by atoms with van der Waals surface area (Å²) in [7, 11) is -0.908. The summed E-state index contributed by atoms with van der Waals surface area (Å²) in [6, 6.07) is 36.5. The van der Waals surface area contributed by atoms with Crippen molar-refractivity contribution in [3.05, 3.63) is 133 Å². The Morgan fingerprint density at radius 2 is 1.08 bits per heavy atom. The maximum absolute atomic E-state index is 2.71. The molecule has 1 aliphatic rings. The number of benzene rings is 4. The van der Waals surface area contributed by atoms with E-state index in [1.54, 1.807) is 10.6 Å². The summed E-state index contributed by atoms with van der Waals surface area (Å²) in [6.45, 7) is 9.32. The van der Waals surface area contributed by atoms with E-state index in [1.165, 1.54) is 58.3 Å². The van der Waals surface area contributed by atoms with Crippen molar-refractivity contribution in [2.24, 2.45) is 5.92 Å². The SMILES string of the molecule is Cc1cccc(C)c1P(CC1CCC[CH-]C1P(c1ccccc1)c1ccccc1)c1c(C)cccc1C.[CH3-].[Fe+2]. The summed E-state index contributed by atoms with van der Waals surface area (Å²) in [5.41, 5.74) is 6.43. The Labute approximate surface area is 251 Å². The van der Waals surface area contributed by atoms with Crippen molar-refractivity contribution in [1.29, 1.82) is 0 Å². The van der Waals surface area contributed by atoms with Gasteiger partial charge in [0.05, 0.1) is 0 Å². The van der Waals surface area contributed by atoms with E-state index in [-0.39, 0.29) is 24.5 Å². The molecular formula is C36H42FeP2. The fourth-order valence-corrected chi connectivity index (χ4v) is 12.9. The van der Waals surface area contributed by atoms with E-state index in [4.69, 9.17) is 0 Å². The summed E-state index contributed by atoms with van der Waals surface area (Å²) < 4.78 is 0. The van der Waals surface area contributed by atoms with E-state index in [0.717, 1.165) is 0 Å². The topological polar surface area (TPSA) is 0 Å². The molecule has 0 amide bonds. The Morgan fingerprint density at radius 3 is 1.51 bits per heavy atom. The predicted molar refractivity (Wildman–Crippen MR) is 174 cm³/mol. The zero-order valence-corrected chi connectivity index (χ0v) is 26.9. The number of rotatable bonds is 7. The van der Waals surface area contributed by atoms with Gasteiger partial charge in [0, 0.05) is 0 Å². The van der Waals surface area contributed by atoms with Gasteiger partial charge in [0.1, 0.15) is 0 Å². The maximum atomic E-state index is 2.71. The summed E-state index contributed by atoms with van der Waals surface area (Å²) in [6.07, 6.45) is 7.87. The molecule has 0 spiro atoms. The van der Waals surface area contributed by atoms with Crippen LogP contribution in [-0.2, 0) is 17.1 Å². The fourth-order valence-electron chi connectivity index (χ4n) is 6.21.